The molecule has 11 nitrogen and oxygen atoms in total. The second-order valence-electron chi connectivity index (χ2n) is 11.1. The number of piperidine rings is 1. The molecule has 1 amide bonds. The SMILES string of the molecule is CC(C)(C)OC(=O)NC1CCCN(c2ncc3c(n2)N(Cc2ccc(F)c(F)c2)c2ccccc2-n2nnnc2-3)C1. The van der Waals surface area contributed by atoms with E-state index in [1.807, 2.05) is 54.8 Å². The lowest BCUT2D eigenvalue weighted by atomic mass is 10.1. The number of amides is 1. The van der Waals surface area contributed by atoms with Gasteiger partial charge in [0.1, 0.15) is 11.4 Å². The summed E-state index contributed by atoms with van der Waals surface area (Å²) in [6.45, 7) is 6.86. The summed E-state index contributed by atoms with van der Waals surface area (Å²) in [6.07, 6.45) is 2.83. The van der Waals surface area contributed by atoms with Crippen molar-refractivity contribution in [3.05, 3.63) is 65.9 Å². The van der Waals surface area contributed by atoms with Crippen LogP contribution >= 0.6 is 0 Å². The quantitative estimate of drug-likeness (QED) is 0.383. The third kappa shape index (κ3) is 5.39. The number of hydrogen-bond donors (Lipinski definition) is 1. The van der Waals surface area contributed by atoms with Gasteiger partial charge in [-0.05, 0) is 73.9 Å². The molecular weight excluding hydrogens is 532 g/mol. The van der Waals surface area contributed by atoms with Crippen molar-refractivity contribution in [3.63, 3.8) is 0 Å². The zero-order valence-corrected chi connectivity index (χ0v) is 22.9. The molecule has 13 heteroatoms. The molecule has 0 aliphatic carbocycles. The highest BCUT2D eigenvalue weighted by Gasteiger charge is 2.31. The largest absolute Gasteiger partial charge is 0.444 e. The number of rotatable bonds is 4. The highest BCUT2D eigenvalue weighted by molar-refractivity contribution is 5.83. The van der Waals surface area contributed by atoms with E-state index in [1.54, 1.807) is 16.9 Å². The number of ether oxygens (including phenoxy) is 1. The minimum absolute atomic E-state index is 0.146. The maximum Gasteiger partial charge on any atom is 0.407 e. The van der Waals surface area contributed by atoms with Crippen molar-refractivity contribution >= 4 is 23.5 Å². The molecule has 0 bridgehead atoms. The van der Waals surface area contributed by atoms with E-state index < -0.39 is 23.3 Å². The molecule has 2 aromatic carbocycles. The molecule has 1 atom stereocenters. The van der Waals surface area contributed by atoms with E-state index in [0.29, 0.717) is 47.5 Å². The fraction of sp³-hybridized carbons (Fsp3) is 0.357. The molecule has 1 unspecified atom stereocenters. The zero-order chi connectivity index (χ0) is 28.7. The van der Waals surface area contributed by atoms with Crippen LogP contribution in [0.1, 0.15) is 39.2 Å². The van der Waals surface area contributed by atoms with Gasteiger partial charge in [-0.1, -0.05) is 18.2 Å². The van der Waals surface area contributed by atoms with Gasteiger partial charge in [-0.3, -0.25) is 0 Å². The number of fused-ring (bicyclic) bond motifs is 5. The van der Waals surface area contributed by atoms with Crippen molar-refractivity contribution in [3.8, 4) is 17.1 Å². The number of aromatic nitrogens is 6. The first-order chi connectivity index (χ1) is 19.7. The maximum atomic E-state index is 14.2. The van der Waals surface area contributed by atoms with Crippen LogP contribution in [0.5, 0.6) is 0 Å². The first kappa shape index (κ1) is 26.5. The van der Waals surface area contributed by atoms with Crippen LogP contribution in [0.25, 0.3) is 17.1 Å². The predicted molar refractivity (Wildman–Crippen MR) is 147 cm³/mol. The third-order valence-electron chi connectivity index (χ3n) is 6.87. The number of alkyl carbamates (subject to hydrolysis) is 1. The Balaban J connectivity index is 1.38. The van der Waals surface area contributed by atoms with Gasteiger partial charge in [0.25, 0.3) is 0 Å². The number of tetrazole rings is 1. The zero-order valence-electron chi connectivity index (χ0n) is 22.9. The normalized spacial score (nSPS) is 16.4. The number of halogens is 2. The third-order valence-corrected chi connectivity index (χ3v) is 6.87. The monoisotopic (exact) mass is 561 g/mol. The van der Waals surface area contributed by atoms with Crippen LogP contribution in [-0.2, 0) is 11.3 Å². The van der Waals surface area contributed by atoms with Crippen molar-refractivity contribution in [2.45, 2.75) is 51.8 Å². The molecular formula is C28H29F2N9O2. The fourth-order valence-electron chi connectivity index (χ4n) is 5.11. The van der Waals surface area contributed by atoms with E-state index in [9.17, 15) is 13.6 Å². The first-order valence-corrected chi connectivity index (χ1v) is 13.4. The smallest absolute Gasteiger partial charge is 0.407 e. The maximum absolute atomic E-state index is 14.2. The van der Waals surface area contributed by atoms with Gasteiger partial charge in [-0.15, -0.1) is 5.10 Å². The van der Waals surface area contributed by atoms with Crippen molar-refractivity contribution in [2.24, 2.45) is 0 Å². The lowest BCUT2D eigenvalue weighted by Crippen LogP contribution is -2.49. The van der Waals surface area contributed by atoms with Gasteiger partial charge < -0.3 is 19.9 Å². The lowest BCUT2D eigenvalue weighted by Gasteiger charge is -2.34. The molecule has 1 N–H and O–H groups in total. The number of nitrogens with zero attached hydrogens (tertiary/aromatic N) is 8. The van der Waals surface area contributed by atoms with Gasteiger partial charge in [-0.25, -0.2) is 18.6 Å². The van der Waals surface area contributed by atoms with E-state index in [4.69, 9.17) is 9.72 Å². The summed E-state index contributed by atoms with van der Waals surface area (Å²) in [5.41, 5.74) is 1.97. The van der Waals surface area contributed by atoms with Crippen LogP contribution in [-0.4, -0.2) is 61.0 Å². The van der Waals surface area contributed by atoms with Gasteiger partial charge in [0.15, 0.2) is 17.5 Å². The molecule has 0 radical (unpaired) electrons. The molecule has 1 fully saturated rings. The minimum atomic E-state index is -0.926. The summed E-state index contributed by atoms with van der Waals surface area (Å²) in [5.74, 6) is -0.402. The molecule has 212 valence electrons. The summed E-state index contributed by atoms with van der Waals surface area (Å²) in [7, 11) is 0. The average Bonchev–Trinajstić information content (AvgIpc) is 3.39. The number of benzene rings is 2. The summed E-state index contributed by atoms with van der Waals surface area (Å²) in [6, 6.07) is 11.2. The molecule has 2 aliphatic heterocycles. The predicted octanol–water partition coefficient (Wildman–Crippen LogP) is 4.54. The summed E-state index contributed by atoms with van der Waals surface area (Å²) >= 11 is 0. The molecule has 1 saturated heterocycles. The Bertz CT molecular complexity index is 1600. The molecule has 2 aromatic heterocycles. The molecule has 4 aromatic rings. The van der Waals surface area contributed by atoms with E-state index >= 15 is 0 Å². The molecule has 0 saturated carbocycles. The summed E-state index contributed by atoms with van der Waals surface area (Å²) < 4.78 is 35.0. The molecule has 6 rings (SSSR count). The van der Waals surface area contributed by atoms with Crippen molar-refractivity contribution in [1.82, 2.24) is 35.5 Å². The van der Waals surface area contributed by atoms with Gasteiger partial charge in [0, 0.05) is 31.9 Å². The summed E-state index contributed by atoms with van der Waals surface area (Å²) in [4.78, 5) is 26.0. The Morgan fingerprint density at radius 3 is 2.71 bits per heavy atom. The van der Waals surface area contributed by atoms with E-state index in [0.717, 1.165) is 24.6 Å². The highest BCUT2D eigenvalue weighted by atomic mass is 19.2. The average molecular weight is 562 g/mol. The fourth-order valence-corrected chi connectivity index (χ4v) is 5.11. The Kier molecular flexibility index (Phi) is 6.72. The Morgan fingerprint density at radius 2 is 1.93 bits per heavy atom. The molecule has 4 heterocycles. The highest BCUT2D eigenvalue weighted by Crippen LogP contribution is 2.41. The van der Waals surface area contributed by atoms with Gasteiger partial charge >= 0.3 is 6.09 Å². The van der Waals surface area contributed by atoms with Crippen LogP contribution in [0, 0.1) is 11.6 Å². The molecule has 41 heavy (non-hydrogen) atoms. The van der Waals surface area contributed by atoms with Crippen LogP contribution in [0.2, 0.25) is 0 Å². The first-order valence-electron chi connectivity index (χ1n) is 13.4. The molecule has 0 spiro atoms. The van der Waals surface area contributed by atoms with E-state index in [1.165, 1.54) is 6.07 Å². The lowest BCUT2D eigenvalue weighted by molar-refractivity contribution is 0.0500. The van der Waals surface area contributed by atoms with Crippen molar-refractivity contribution in [2.75, 3.05) is 22.9 Å². The van der Waals surface area contributed by atoms with Crippen LogP contribution in [0.3, 0.4) is 0 Å². The van der Waals surface area contributed by atoms with Crippen molar-refractivity contribution in [1.29, 1.82) is 0 Å². The van der Waals surface area contributed by atoms with Crippen molar-refractivity contribution < 1.29 is 18.3 Å². The summed E-state index contributed by atoms with van der Waals surface area (Å²) in [5, 5.41) is 15.3. The number of carbonyl (C=O) groups is 1. The number of hydrogen-bond acceptors (Lipinski definition) is 9. The van der Waals surface area contributed by atoms with Gasteiger partial charge in [-0.2, -0.15) is 9.67 Å². The van der Waals surface area contributed by atoms with E-state index in [-0.39, 0.29) is 12.6 Å². The van der Waals surface area contributed by atoms with Crippen LogP contribution in [0.4, 0.5) is 31.0 Å². The topological polar surface area (TPSA) is 114 Å². The van der Waals surface area contributed by atoms with Crippen LogP contribution in [0.15, 0.2) is 48.7 Å². The Morgan fingerprint density at radius 1 is 1.12 bits per heavy atom. The second kappa shape index (κ2) is 10.4. The number of carbonyl (C=O) groups excluding carboxylic acids is 1. The van der Waals surface area contributed by atoms with Gasteiger partial charge in [0.05, 0.1) is 16.9 Å². The number of anilines is 3. The number of nitrogens with one attached hydrogen (secondary N) is 1. The minimum Gasteiger partial charge on any atom is -0.444 e. The standard InChI is InChI=1S/C28H29F2N9O2/c1-28(2,3)41-27(40)32-18-7-6-12-37(16-18)26-31-14-19-24(33-26)38(15-17-10-11-20(29)21(30)13-17)22-8-4-5-9-23(22)39-25(19)34-35-36-39/h4-5,8-11,13-14,18H,6-7,12,15-16H2,1-3H3,(H,32,40). The van der Waals surface area contributed by atoms with Gasteiger partial charge in [0.2, 0.25) is 5.95 Å². The van der Waals surface area contributed by atoms with Crippen LogP contribution < -0.4 is 15.1 Å². The Labute approximate surface area is 235 Å². The van der Waals surface area contributed by atoms with E-state index in [2.05, 4.69) is 25.8 Å². The second-order valence-corrected chi connectivity index (χ2v) is 11.1. The molecule has 2 aliphatic rings. The Hall–Kier alpha value is -4.68. The number of para-hydroxylation sites is 2.